The number of nitrogens with one attached hydrogen (secondary N) is 1. The predicted octanol–water partition coefficient (Wildman–Crippen LogP) is 0.148. The van der Waals surface area contributed by atoms with Crippen molar-refractivity contribution in [2.75, 3.05) is 0 Å². The van der Waals surface area contributed by atoms with E-state index in [4.69, 9.17) is 0 Å². The lowest BCUT2D eigenvalue weighted by Gasteiger charge is -1.86. The van der Waals surface area contributed by atoms with Gasteiger partial charge < -0.3 is 0 Å². The molecule has 0 bridgehead atoms. The van der Waals surface area contributed by atoms with E-state index in [2.05, 4.69) is 41.7 Å². The number of hydrogen-bond acceptors (Lipinski definition) is 4. The monoisotopic (exact) mass is 214 g/mol. The Labute approximate surface area is 69.7 Å². The minimum atomic E-state index is 0.427. The average molecular weight is 215 g/mol. The van der Waals surface area contributed by atoms with Crippen LogP contribution in [0.1, 0.15) is 0 Å². The van der Waals surface area contributed by atoms with Crippen LogP contribution in [0.4, 0.5) is 0 Å². The summed E-state index contributed by atoms with van der Waals surface area (Å²) < 4.78 is 2.38. The van der Waals surface area contributed by atoms with Gasteiger partial charge in [0.25, 0.3) is 5.95 Å². The zero-order chi connectivity index (χ0) is 7.68. The number of tetrazole rings is 1. The van der Waals surface area contributed by atoms with Crippen LogP contribution < -0.4 is 0 Å². The number of nitrogens with zero attached hydrogens (tertiary/aromatic N) is 5. The third-order valence-corrected chi connectivity index (χ3v) is 1.50. The SMILES string of the molecule is Brc1cnn(-c2nn[nH]n2)c1. The maximum absolute atomic E-state index is 3.94. The smallest absolute Gasteiger partial charge is 0.202 e. The number of aromatic nitrogens is 6. The van der Waals surface area contributed by atoms with Crippen molar-refractivity contribution < 1.29 is 0 Å². The quantitative estimate of drug-likeness (QED) is 0.734. The molecule has 0 saturated heterocycles. The number of rotatable bonds is 1. The molecule has 0 amide bonds. The van der Waals surface area contributed by atoms with E-state index in [1.54, 1.807) is 12.4 Å². The molecule has 0 aliphatic heterocycles. The van der Waals surface area contributed by atoms with Gasteiger partial charge in [0.2, 0.25) is 0 Å². The van der Waals surface area contributed by atoms with E-state index >= 15 is 0 Å². The molecule has 0 aliphatic carbocycles. The van der Waals surface area contributed by atoms with Gasteiger partial charge in [-0.15, -0.1) is 5.10 Å². The first-order chi connectivity index (χ1) is 5.36. The van der Waals surface area contributed by atoms with Gasteiger partial charge in [0.1, 0.15) is 0 Å². The summed E-state index contributed by atoms with van der Waals surface area (Å²) in [5.41, 5.74) is 0. The normalized spacial score (nSPS) is 10.3. The average Bonchev–Trinajstić information content (AvgIpc) is 2.55. The molecule has 7 heteroatoms. The van der Waals surface area contributed by atoms with Gasteiger partial charge in [-0.2, -0.15) is 10.3 Å². The molecule has 2 aromatic rings. The summed E-state index contributed by atoms with van der Waals surface area (Å²) in [5, 5.41) is 17.1. The van der Waals surface area contributed by atoms with Crippen molar-refractivity contribution in [3.63, 3.8) is 0 Å². The van der Waals surface area contributed by atoms with E-state index in [-0.39, 0.29) is 0 Å². The lowest BCUT2D eigenvalue weighted by Crippen LogP contribution is -1.96. The molecule has 0 saturated carbocycles. The van der Waals surface area contributed by atoms with Crippen LogP contribution in [0.3, 0.4) is 0 Å². The van der Waals surface area contributed by atoms with Gasteiger partial charge in [0.05, 0.1) is 10.7 Å². The van der Waals surface area contributed by atoms with Crippen LogP contribution in [-0.4, -0.2) is 30.4 Å². The first-order valence-corrected chi connectivity index (χ1v) is 3.59. The zero-order valence-electron chi connectivity index (χ0n) is 5.27. The Morgan fingerprint density at radius 1 is 1.55 bits per heavy atom. The Morgan fingerprint density at radius 2 is 2.45 bits per heavy atom. The highest BCUT2D eigenvalue weighted by Crippen LogP contribution is 2.07. The maximum atomic E-state index is 3.94. The third kappa shape index (κ3) is 1.14. The maximum Gasteiger partial charge on any atom is 0.290 e. The minimum absolute atomic E-state index is 0.427. The fourth-order valence-electron chi connectivity index (χ4n) is 0.664. The molecule has 56 valence electrons. The molecule has 0 fully saturated rings. The van der Waals surface area contributed by atoms with Crippen molar-refractivity contribution in [1.29, 1.82) is 0 Å². The fraction of sp³-hybridized carbons (Fsp3) is 0. The van der Waals surface area contributed by atoms with Crippen LogP contribution in [0.2, 0.25) is 0 Å². The number of aromatic amines is 1. The zero-order valence-corrected chi connectivity index (χ0v) is 6.85. The second kappa shape index (κ2) is 2.42. The molecule has 1 N–H and O–H groups in total. The molecule has 0 aliphatic rings. The van der Waals surface area contributed by atoms with Crippen LogP contribution in [0.25, 0.3) is 5.95 Å². The summed E-state index contributed by atoms with van der Waals surface area (Å²) in [6, 6.07) is 0. The highest BCUT2D eigenvalue weighted by molar-refractivity contribution is 9.10. The van der Waals surface area contributed by atoms with Crippen LogP contribution in [0.5, 0.6) is 0 Å². The van der Waals surface area contributed by atoms with E-state index in [0.29, 0.717) is 5.95 Å². The Kier molecular flexibility index (Phi) is 1.42. The van der Waals surface area contributed by atoms with E-state index in [1.807, 2.05) is 0 Å². The standard InChI is InChI=1S/C4H3BrN6/c5-3-1-6-11(2-3)4-7-9-10-8-4/h1-2H,(H,7,8,9,10). The Hall–Kier alpha value is -1.24. The van der Waals surface area contributed by atoms with Gasteiger partial charge in [0, 0.05) is 6.20 Å². The summed E-state index contributed by atoms with van der Waals surface area (Å²) in [7, 11) is 0. The lowest BCUT2D eigenvalue weighted by molar-refractivity contribution is 0.812. The molecule has 2 heterocycles. The van der Waals surface area contributed by atoms with Crippen molar-refractivity contribution in [2.45, 2.75) is 0 Å². The van der Waals surface area contributed by atoms with E-state index in [1.165, 1.54) is 4.68 Å². The Balaban J connectivity index is 2.45. The van der Waals surface area contributed by atoms with Crippen molar-refractivity contribution >= 4 is 15.9 Å². The second-order valence-electron chi connectivity index (χ2n) is 1.81. The molecule has 2 rings (SSSR count). The molecular formula is C4H3BrN6. The first kappa shape index (κ1) is 6.47. The minimum Gasteiger partial charge on any atom is -0.202 e. The molecule has 11 heavy (non-hydrogen) atoms. The lowest BCUT2D eigenvalue weighted by atomic mass is 10.7. The summed E-state index contributed by atoms with van der Waals surface area (Å²) in [6.45, 7) is 0. The number of H-pyrrole nitrogens is 1. The largest absolute Gasteiger partial charge is 0.290 e. The molecule has 0 atom stereocenters. The predicted molar refractivity (Wildman–Crippen MR) is 39.0 cm³/mol. The van der Waals surface area contributed by atoms with E-state index in [0.717, 1.165) is 4.47 Å². The van der Waals surface area contributed by atoms with Gasteiger partial charge in [-0.1, -0.05) is 5.10 Å². The van der Waals surface area contributed by atoms with E-state index < -0.39 is 0 Å². The van der Waals surface area contributed by atoms with Gasteiger partial charge in [-0.25, -0.2) is 4.68 Å². The van der Waals surface area contributed by atoms with Crippen LogP contribution in [-0.2, 0) is 0 Å². The Bertz CT molecular complexity index is 337. The number of hydrogen-bond donors (Lipinski definition) is 1. The first-order valence-electron chi connectivity index (χ1n) is 2.80. The molecule has 2 aromatic heterocycles. The third-order valence-electron chi connectivity index (χ3n) is 1.09. The van der Waals surface area contributed by atoms with Crippen LogP contribution in [0, 0.1) is 0 Å². The van der Waals surface area contributed by atoms with Crippen molar-refractivity contribution in [3.05, 3.63) is 16.9 Å². The molecule has 0 aromatic carbocycles. The molecule has 0 unspecified atom stereocenters. The Morgan fingerprint density at radius 3 is 3.00 bits per heavy atom. The van der Waals surface area contributed by atoms with Crippen LogP contribution >= 0.6 is 15.9 Å². The van der Waals surface area contributed by atoms with Crippen molar-refractivity contribution in [1.82, 2.24) is 30.4 Å². The highest BCUT2D eigenvalue weighted by Gasteiger charge is 2.01. The molecule has 0 spiro atoms. The number of halogens is 1. The van der Waals surface area contributed by atoms with Crippen molar-refractivity contribution in [2.24, 2.45) is 0 Å². The van der Waals surface area contributed by atoms with Gasteiger partial charge in [-0.3, -0.25) is 0 Å². The fourth-order valence-corrected chi connectivity index (χ4v) is 0.949. The van der Waals surface area contributed by atoms with Gasteiger partial charge in [-0.05, 0) is 21.1 Å². The van der Waals surface area contributed by atoms with Crippen molar-refractivity contribution in [3.8, 4) is 5.95 Å². The summed E-state index contributed by atoms with van der Waals surface area (Å²) in [4.78, 5) is 0. The van der Waals surface area contributed by atoms with Crippen LogP contribution in [0.15, 0.2) is 16.9 Å². The molecular weight excluding hydrogens is 212 g/mol. The molecule has 0 radical (unpaired) electrons. The summed E-state index contributed by atoms with van der Waals surface area (Å²) in [5.74, 6) is 0.427. The van der Waals surface area contributed by atoms with Gasteiger partial charge in [0.15, 0.2) is 0 Å². The second-order valence-corrected chi connectivity index (χ2v) is 2.73. The van der Waals surface area contributed by atoms with E-state index in [9.17, 15) is 0 Å². The van der Waals surface area contributed by atoms with Gasteiger partial charge >= 0.3 is 0 Å². The summed E-state index contributed by atoms with van der Waals surface area (Å²) in [6.07, 6.45) is 3.39. The topological polar surface area (TPSA) is 72.3 Å². The highest BCUT2D eigenvalue weighted by atomic mass is 79.9. The summed E-state index contributed by atoms with van der Waals surface area (Å²) >= 11 is 3.25. The molecule has 6 nitrogen and oxygen atoms in total.